The molecule has 28 heavy (non-hydrogen) atoms. The molecule has 1 aliphatic carbocycles. The lowest BCUT2D eigenvalue weighted by Crippen LogP contribution is -2.34. The Bertz CT molecular complexity index is 1010. The van der Waals surface area contributed by atoms with E-state index in [2.05, 4.69) is 30.0 Å². The second-order valence-electron chi connectivity index (χ2n) is 7.86. The van der Waals surface area contributed by atoms with Crippen LogP contribution in [-0.2, 0) is 0 Å². The Morgan fingerprint density at radius 3 is 2.75 bits per heavy atom. The molecule has 9 heteroatoms. The highest BCUT2D eigenvalue weighted by molar-refractivity contribution is 7.10. The van der Waals surface area contributed by atoms with Gasteiger partial charge >= 0.3 is 6.03 Å². The maximum absolute atomic E-state index is 12.5. The van der Waals surface area contributed by atoms with E-state index in [0.29, 0.717) is 17.9 Å². The van der Waals surface area contributed by atoms with E-state index in [9.17, 15) is 4.79 Å². The molecule has 3 atom stereocenters. The number of likely N-dealkylation sites (tertiary alicyclic amines) is 1. The first kappa shape index (κ1) is 17.4. The maximum atomic E-state index is 12.5. The zero-order chi connectivity index (χ0) is 19.3. The van der Waals surface area contributed by atoms with Crippen LogP contribution >= 0.6 is 11.5 Å². The Kier molecular flexibility index (Phi) is 4.19. The first-order chi connectivity index (χ1) is 13.5. The lowest BCUT2D eigenvalue weighted by atomic mass is 10.0. The molecule has 5 rings (SSSR count). The first-order valence-electron chi connectivity index (χ1n) is 9.62. The van der Waals surface area contributed by atoms with E-state index >= 15 is 0 Å². The molecule has 8 nitrogen and oxygen atoms in total. The molecule has 1 aliphatic heterocycles. The molecule has 1 unspecified atom stereocenters. The molecular weight excluding hydrogens is 374 g/mol. The van der Waals surface area contributed by atoms with Gasteiger partial charge in [-0.25, -0.2) is 14.8 Å². The van der Waals surface area contributed by atoms with E-state index in [1.165, 1.54) is 11.5 Å². The van der Waals surface area contributed by atoms with E-state index < -0.39 is 0 Å². The average Bonchev–Trinajstić information content (AvgIpc) is 3.38. The van der Waals surface area contributed by atoms with Gasteiger partial charge in [0.15, 0.2) is 0 Å². The molecule has 3 aromatic rings. The molecule has 3 N–H and O–H groups in total. The molecule has 2 amide bonds. The molecule has 3 aromatic heterocycles. The predicted octanol–water partition coefficient (Wildman–Crippen LogP) is 3.39. The molecule has 2 fully saturated rings. The number of rotatable bonds is 3. The number of H-pyrrole nitrogens is 1. The van der Waals surface area contributed by atoms with Crippen molar-refractivity contribution in [3.8, 4) is 0 Å². The number of anilines is 2. The Balaban J connectivity index is 1.21. The molecular formula is C19H23N7OS. The maximum Gasteiger partial charge on any atom is 0.322 e. The largest absolute Gasteiger partial charge is 0.367 e. The Labute approximate surface area is 166 Å². The summed E-state index contributed by atoms with van der Waals surface area (Å²) in [5.74, 6) is 2.74. The number of hydrogen-bond donors (Lipinski definition) is 3. The normalized spacial score (nSPS) is 23.9. The van der Waals surface area contributed by atoms with Crippen LogP contribution in [0.15, 0.2) is 18.3 Å². The summed E-state index contributed by atoms with van der Waals surface area (Å²) in [6.45, 7) is 5.47. The fraction of sp³-hybridized carbons (Fsp3) is 0.474. The number of aromatic amines is 1. The summed E-state index contributed by atoms with van der Waals surface area (Å²) in [5.41, 5.74) is 1.80. The van der Waals surface area contributed by atoms with Crippen LogP contribution in [0.1, 0.15) is 24.4 Å². The minimum absolute atomic E-state index is 0.0111. The lowest BCUT2D eigenvalue weighted by Gasteiger charge is -2.20. The van der Waals surface area contributed by atoms with Gasteiger partial charge in [-0.3, -0.25) is 5.32 Å². The summed E-state index contributed by atoms with van der Waals surface area (Å²) in [6.07, 6.45) is 4.01. The number of aromatic nitrogens is 4. The third kappa shape index (κ3) is 3.19. The lowest BCUT2D eigenvalue weighted by molar-refractivity contribution is 0.218. The molecule has 1 saturated heterocycles. The van der Waals surface area contributed by atoms with Crippen LogP contribution in [0.2, 0.25) is 0 Å². The molecule has 1 saturated carbocycles. The van der Waals surface area contributed by atoms with Crippen LogP contribution in [0.3, 0.4) is 0 Å². The van der Waals surface area contributed by atoms with Crippen molar-refractivity contribution in [3.05, 3.63) is 29.8 Å². The standard InChI is InChI=1S/C19H23N7OS/c1-10-5-16(28-25-10)24-19(27)26-8-12-6-14(7-13(12)9-26)23-18-15-3-4-20-17(15)21-11(2)22-18/h3-5,12-14H,6-9H2,1-2H3,(H,24,27)(H2,20,21,22,23)/t12-,13+,14?. The third-order valence-corrected chi connectivity index (χ3v) is 6.56. The highest BCUT2D eigenvalue weighted by Gasteiger charge is 2.42. The van der Waals surface area contributed by atoms with Crippen LogP contribution in [0, 0.1) is 25.7 Å². The van der Waals surface area contributed by atoms with Gasteiger partial charge in [0, 0.05) is 25.3 Å². The Hall–Kier alpha value is -2.68. The number of hydrogen-bond acceptors (Lipinski definition) is 6. The second kappa shape index (κ2) is 6.73. The van der Waals surface area contributed by atoms with Crippen molar-refractivity contribution < 1.29 is 4.79 Å². The number of fused-ring (bicyclic) bond motifs is 2. The summed E-state index contributed by atoms with van der Waals surface area (Å²) in [4.78, 5) is 26.7. The van der Waals surface area contributed by atoms with Gasteiger partial charge in [-0.05, 0) is 62.2 Å². The van der Waals surface area contributed by atoms with Crippen LogP contribution < -0.4 is 10.6 Å². The fourth-order valence-corrected chi connectivity index (χ4v) is 5.20. The Morgan fingerprint density at radius 2 is 2.04 bits per heavy atom. The van der Waals surface area contributed by atoms with E-state index in [1.54, 1.807) is 0 Å². The van der Waals surface area contributed by atoms with E-state index in [1.807, 2.05) is 37.1 Å². The number of nitrogens with one attached hydrogen (secondary N) is 3. The minimum Gasteiger partial charge on any atom is -0.367 e. The van der Waals surface area contributed by atoms with E-state index in [-0.39, 0.29) is 6.03 Å². The summed E-state index contributed by atoms with van der Waals surface area (Å²) in [5, 5.41) is 8.45. The molecule has 0 aromatic carbocycles. The summed E-state index contributed by atoms with van der Waals surface area (Å²) in [7, 11) is 0. The number of aryl methyl sites for hydroxylation is 2. The van der Waals surface area contributed by atoms with Crippen LogP contribution in [0.25, 0.3) is 11.0 Å². The SMILES string of the molecule is Cc1cc(NC(=O)N2C[C@H]3CC(Nc4nc(C)nc5[nH]ccc45)C[C@H]3C2)sn1. The van der Waals surface area contributed by atoms with Crippen molar-refractivity contribution >= 4 is 39.4 Å². The number of carbonyl (C=O) groups excluding carboxylic acids is 1. The van der Waals surface area contributed by atoms with Crippen molar-refractivity contribution in [2.75, 3.05) is 23.7 Å². The topological polar surface area (TPSA) is 98.8 Å². The van der Waals surface area contributed by atoms with Gasteiger partial charge in [0.2, 0.25) is 0 Å². The average molecular weight is 398 g/mol. The van der Waals surface area contributed by atoms with Crippen LogP contribution in [0.4, 0.5) is 15.6 Å². The highest BCUT2D eigenvalue weighted by atomic mass is 32.1. The fourth-order valence-electron chi connectivity index (χ4n) is 4.55. The number of urea groups is 1. The quantitative estimate of drug-likeness (QED) is 0.629. The first-order valence-corrected chi connectivity index (χ1v) is 10.4. The monoisotopic (exact) mass is 397 g/mol. The molecule has 0 bridgehead atoms. The zero-order valence-corrected chi connectivity index (χ0v) is 16.7. The van der Waals surface area contributed by atoms with Gasteiger partial charge in [-0.1, -0.05) is 0 Å². The van der Waals surface area contributed by atoms with Crippen molar-refractivity contribution in [2.24, 2.45) is 11.8 Å². The van der Waals surface area contributed by atoms with Crippen LogP contribution in [0.5, 0.6) is 0 Å². The van der Waals surface area contributed by atoms with E-state index in [0.717, 1.165) is 59.3 Å². The van der Waals surface area contributed by atoms with Gasteiger partial charge in [-0.2, -0.15) is 4.37 Å². The van der Waals surface area contributed by atoms with Gasteiger partial charge in [0.25, 0.3) is 0 Å². The van der Waals surface area contributed by atoms with Gasteiger partial charge in [0.1, 0.15) is 22.3 Å². The van der Waals surface area contributed by atoms with Crippen LogP contribution in [-0.4, -0.2) is 49.4 Å². The predicted molar refractivity (Wildman–Crippen MR) is 110 cm³/mol. The second-order valence-corrected chi connectivity index (χ2v) is 8.66. The van der Waals surface area contributed by atoms with E-state index in [4.69, 9.17) is 0 Å². The van der Waals surface area contributed by atoms with Gasteiger partial charge in [-0.15, -0.1) is 0 Å². The molecule has 4 heterocycles. The number of carbonyl (C=O) groups is 1. The van der Waals surface area contributed by atoms with Crippen molar-refractivity contribution in [3.63, 3.8) is 0 Å². The number of amides is 2. The number of nitrogens with zero attached hydrogens (tertiary/aromatic N) is 4. The van der Waals surface area contributed by atoms with Gasteiger partial charge < -0.3 is 15.2 Å². The highest BCUT2D eigenvalue weighted by Crippen LogP contribution is 2.40. The van der Waals surface area contributed by atoms with Crippen molar-refractivity contribution in [1.29, 1.82) is 0 Å². The Morgan fingerprint density at radius 1 is 1.25 bits per heavy atom. The molecule has 146 valence electrons. The smallest absolute Gasteiger partial charge is 0.322 e. The third-order valence-electron chi connectivity index (χ3n) is 5.76. The molecule has 0 spiro atoms. The van der Waals surface area contributed by atoms with Crippen molar-refractivity contribution in [1.82, 2.24) is 24.2 Å². The molecule has 2 aliphatic rings. The zero-order valence-electron chi connectivity index (χ0n) is 15.9. The summed E-state index contributed by atoms with van der Waals surface area (Å²) >= 11 is 1.33. The minimum atomic E-state index is -0.0111. The summed E-state index contributed by atoms with van der Waals surface area (Å²) < 4.78 is 4.21. The van der Waals surface area contributed by atoms with Gasteiger partial charge in [0.05, 0.1) is 11.1 Å². The molecule has 0 radical (unpaired) electrons. The van der Waals surface area contributed by atoms with Crippen molar-refractivity contribution in [2.45, 2.75) is 32.7 Å². The summed E-state index contributed by atoms with van der Waals surface area (Å²) in [6, 6.07) is 4.30.